The van der Waals surface area contributed by atoms with Gasteiger partial charge in [0.15, 0.2) is 0 Å². The van der Waals surface area contributed by atoms with E-state index >= 15 is 0 Å². The van der Waals surface area contributed by atoms with Crippen LogP contribution in [0.4, 0.5) is 5.69 Å². The highest BCUT2D eigenvalue weighted by molar-refractivity contribution is 5.93. The van der Waals surface area contributed by atoms with Crippen LogP contribution in [0.25, 0.3) is 0 Å². The van der Waals surface area contributed by atoms with Gasteiger partial charge in [0, 0.05) is 24.2 Å². The standard InChI is InChI=1S/C13H13NO/c1-2-11-6-8-12(9-7-11)14-10-4-3-5-13(14)15/h1,6-9H,3-5,10H2. The summed E-state index contributed by atoms with van der Waals surface area (Å²) in [6.07, 6.45) is 8.04. The Kier molecular flexibility index (Phi) is 2.73. The van der Waals surface area contributed by atoms with E-state index < -0.39 is 0 Å². The van der Waals surface area contributed by atoms with Gasteiger partial charge in [-0.3, -0.25) is 4.79 Å². The molecule has 1 aliphatic heterocycles. The summed E-state index contributed by atoms with van der Waals surface area (Å²) in [4.78, 5) is 13.5. The van der Waals surface area contributed by atoms with Gasteiger partial charge in [0.1, 0.15) is 0 Å². The van der Waals surface area contributed by atoms with Gasteiger partial charge in [-0.1, -0.05) is 5.92 Å². The van der Waals surface area contributed by atoms with Crippen molar-refractivity contribution in [1.29, 1.82) is 0 Å². The molecule has 0 atom stereocenters. The third kappa shape index (κ3) is 2.02. The first-order valence-electron chi connectivity index (χ1n) is 5.18. The van der Waals surface area contributed by atoms with Gasteiger partial charge < -0.3 is 4.90 Å². The smallest absolute Gasteiger partial charge is 0.226 e. The number of anilines is 1. The second-order valence-corrected chi connectivity index (χ2v) is 3.69. The highest BCUT2D eigenvalue weighted by Crippen LogP contribution is 2.20. The number of carbonyl (C=O) groups excluding carboxylic acids is 1. The lowest BCUT2D eigenvalue weighted by molar-refractivity contribution is -0.119. The quantitative estimate of drug-likeness (QED) is 0.635. The first-order chi connectivity index (χ1) is 7.31. The van der Waals surface area contributed by atoms with E-state index in [2.05, 4.69) is 5.92 Å². The van der Waals surface area contributed by atoms with Crippen LogP contribution in [0.3, 0.4) is 0 Å². The Morgan fingerprint density at radius 3 is 2.53 bits per heavy atom. The van der Waals surface area contributed by atoms with Gasteiger partial charge in [0.05, 0.1) is 0 Å². The van der Waals surface area contributed by atoms with Gasteiger partial charge in [-0.2, -0.15) is 0 Å². The molecule has 0 spiro atoms. The minimum atomic E-state index is 0.217. The molecular formula is C13H13NO. The van der Waals surface area contributed by atoms with E-state index in [1.165, 1.54) is 0 Å². The number of benzene rings is 1. The Bertz CT molecular complexity index is 400. The summed E-state index contributed by atoms with van der Waals surface area (Å²) < 4.78 is 0. The number of terminal acetylenes is 1. The number of carbonyl (C=O) groups is 1. The molecule has 2 heteroatoms. The van der Waals surface area contributed by atoms with Crippen molar-refractivity contribution in [3.8, 4) is 12.3 Å². The minimum absolute atomic E-state index is 0.217. The summed E-state index contributed by atoms with van der Waals surface area (Å²) in [5, 5.41) is 0. The highest BCUT2D eigenvalue weighted by atomic mass is 16.2. The molecule has 1 aromatic rings. The molecule has 1 fully saturated rings. The van der Waals surface area contributed by atoms with Crippen LogP contribution in [-0.4, -0.2) is 12.5 Å². The van der Waals surface area contributed by atoms with Crippen LogP contribution >= 0.6 is 0 Å². The summed E-state index contributed by atoms with van der Waals surface area (Å²) in [6.45, 7) is 0.828. The molecule has 0 N–H and O–H groups in total. The molecule has 0 aromatic heterocycles. The highest BCUT2D eigenvalue weighted by Gasteiger charge is 2.18. The van der Waals surface area contributed by atoms with Crippen LogP contribution in [-0.2, 0) is 4.79 Å². The lowest BCUT2D eigenvalue weighted by Gasteiger charge is -2.26. The molecule has 1 heterocycles. The molecule has 15 heavy (non-hydrogen) atoms. The maximum atomic E-state index is 11.6. The predicted molar refractivity (Wildman–Crippen MR) is 60.6 cm³/mol. The van der Waals surface area contributed by atoms with E-state index in [0.717, 1.165) is 30.6 Å². The summed E-state index contributed by atoms with van der Waals surface area (Å²) in [6, 6.07) is 7.57. The van der Waals surface area contributed by atoms with Gasteiger partial charge in [0.2, 0.25) is 5.91 Å². The third-order valence-corrected chi connectivity index (χ3v) is 2.67. The Labute approximate surface area is 89.9 Å². The molecule has 1 aliphatic rings. The van der Waals surface area contributed by atoms with E-state index in [1.807, 2.05) is 29.2 Å². The van der Waals surface area contributed by atoms with Crippen LogP contribution in [0.5, 0.6) is 0 Å². The van der Waals surface area contributed by atoms with Crippen molar-refractivity contribution in [2.45, 2.75) is 19.3 Å². The molecule has 0 bridgehead atoms. The largest absolute Gasteiger partial charge is 0.312 e. The molecule has 1 amide bonds. The fraction of sp³-hybridized carbons (Fsp3) is 0.308. The Morgan fingerprint density at radius 1 is 1.20 bits per heavy atom. The second kappa shape index (κ2) is 4.18. The number of nitrogens with zero attached hydrogens (tertiary/aromatic N) is 1. The maximum absolute atomic E-state index is 11.6. The van der Waals surface area contributed by atoms with Gasteiger partial charge >= 0.3 is 0 Å². The maximum Gasteiger partial charge on any atom is 0.226 e. The van der Waals surface area contributed by atoms with Crippen molar-refractivity contribution in [2.75, 3.05) is 11.4 Å². The Balaban J connectivity index is 2.21. The van der Waals surface area contributed by atoms with Crippen molar-refractivity contribution in [3.05, 3.63) is 29.8 Å². The summed E-state index contributed by atoms with van der Waals surface area (Å²) in [5.41, 5.74) is 1.81. The summed E-state index contributed by atoms with van der Waals surface area (Å²) >= 11 is 0. The lowest BCUT2D eigenvalue weighted by atomic mass is 10.1. The van der Waals surface area contributed by atoms with E-state index in [0.29, 0.717) is 6.42 Å². The van der Waals surface area contributed by atoms with E-state index in [4.69, 9.17) is 6.42 Å². The third-order valence-electron chi connectivity index (χ3n) is 2.67. The second-order valence-electron chi connectivity index (χ2n) is 3.69. The molecule has 2 rings (SSSR count). The number of piperidine rings is 1. The SMILES string of the molecule is C#Cc1ccc(N2CCCCC2=O)cc1. The molecule has 0 unspecified atom stereocenters. The van der Waals surface area contributed by atoms with Gasteiger partial charge in [0.25, 0.3) is 0 Å². The van der Waals surface area contributed by atoms with Gasteiger partial charge in [-0.15, -0.1) is 6.42 Å². The van der Waals surface area contributed by atoms with Crippen molar-refractivity contribution < 1.29 is 4.79 Å². The molecule has 2 nitrogen and oxygen atoms in total. The molecule has 0 radical (unpaired) electrons. The zero-order valence-corrected chi connectivity index (χ0v) is 8.57. The van der Waals surface area contributed by atoms with Crippen molar-refractivity contribution in [3.63, 3.8) is 0 Å². The van der Waals surface area contributed by atoms with E-state index in [-0.39, 0.29) is 5.91 Å². The van der Waals surface area contributed by atoms with Crippen molar-refractivity contribution >= 4 is 11.6 Å². The number of rotatable bonds is 1. The van der Waals surface area contributed by atoms with E-state index in [9.17, 15) is 4.79 Å². The van der Waals surface area contributed by atoms with Crippen LogP contribution < -0.4 is 4.90 Å². The molecule has 0 aliphatic carbocycles. The molecule has 76 valence electrons. The summed E-state index contributed by atoms with van der Waals surface area (Å²) in [7, 11) is 0. The fourth-order valence-electron chi connectivity index (χ4n) is 1.82. The molecule has 1 saturated heterocycles. The Hall–Kier alpha value is -1.75. The lowest BCUT2D eigenvalue weighted by Crippen LogP contribution is -2.35. The first-order valence-corrected chi connectivity index (χ1v) is 5.18. The minimum Gasteiger partial charge on any atom is -0.312 e. The topological polar surface area (TPSA) is 20.3 Å². The van der Waals surface area contributed by atoms with Gasteiger partial charge in [-0.25, -0.2) is 0 Å². The first kappa shape index (κ1) is 9.79. The zero-order chi connectivity index (χ0) is 10.7. The van der Waals surface area contributed by atoms with Crippen molar-refractivity contribution in [1.82, 2.24) is 0 Å². The van der Waals surface area contributed by atoms with Crippen LogP contribution in [0.1, 0.15) is 24.8 Å². The fourth-order valence-corrected chi connectivity index (χ4v) is 1.82. The van der Waals surface area contributed by atoms with Crippen molar-refractivity contribution in [2.24, 2.45) is 0 Å². The molecule has 1 aromatic carbocycles. The normalized spacial score (nSPS) is 16.2. The van der Waals surface area contributed by atoms with E-state index in [1.54, 1.807) is 0 Å². The average Bonchev–Trinajstić information content (AvgIpc) is 2.30. The summed E-state index contributed by atoms with van der Waals surface area (Å²) in [5.74, 6) is 2.78. The van der Waals surface area contributed by atoms with Gasteiger partial charge in [-0.05, 0) is 37.1 Å². The van der Waals surface area contributed by atoms with Crippen LogP contribution in [0, 0.1) is 12.3 Å². The van der Waals surface area contributed by atoms with Crippen LogP contribution in [0.2, 0.25) is 0 Å². The Morgan fingerprint density at radius 2 is 1.93 bits per heavy atom. The number of hydrogen-bond donors (Lipinski definition) is 0. The zero-order valence-electron chi connectivity index (χ0n) is 8.57. The molecular weight excluding hydrogens is 186 g/mol. The monoisotopic (exact) mass is 199 g/mol. The number of amides is 1. The van der Waals surface area contributed by atoms with Crippen LogP contribution in [0.15, 0.2) is 24.3 Å². The number of hydrogen-bond acceptors (Lipinski definition) is 1. The predicted octanol–water partition coefficient (Wildman–Crippen LogP) is 2.18. The molecule has 0 saturated carbocycles. The average molecular weight is 199 g/mol.